The van der Waals surface area contributed by atoms with Crippen LogP contribution in [0.15, 0.2) is 12.2 Å². The monoisotopic (exact) mass is 168 g/mol. The minimum atomic E-state index is -0.0912. The van der Waals surface area contributed by atoms with Crippen LogP contribution in [0.25, 0.3) is 0 Å². The molecule has 0 saturated carbocycles. The maximum Gasteiger partial charge on any atom is 0.308 e. The molecule has 0 amide bonds. The molecule has 0 aromatic carbocycles. The lowest BCUT2D eigenvalue weighted by molar-refractivity contribution is -0.151. The first kappa shape index (κ1) is 9.30. The fourth-order valence-corrected chi connectivity index (χ4v) is 1.16. The van der Waals surface area contributed by atoms with Gasteiger partial charge in [0.2, 0.25) is 0 Å². The Morgan fingerprint density at radius 1 is 1.58 bits per heavy atom. The van der Waals surface area contributed by atoms with Gasteiger partial charge in [-0.1, -0.05) is 19.9 Å². The van der Waals surface area contributed by atoms with Gasteiger partial charge in [0.15, 0.2) is 0 Å². The van der Waals surface area contributed by atoms with Crippen LogP contribution in [-0.4, -0.2) is 12.1 Å². The maximum atomic E-state index is 11.2. The van der Waals surface area contributed by atoms with Crippen molar-refractivity contribution in [3.63, 3.8) is 0 Å². The predicted octanol–water partition coefficient (Wildman–Crippen LogP) is 2.29. The highest BCUT2D eigenvalue weighted by molar-refractivity contribution is 5.71. The number of carbonyl (C=O) groups is 1. The topological polar surface area (TPSA) is 26.3 Å². The van der Waals surface area contributed by atoms with Crippen LogP contribution in [0.1, 0.15) is 33.1 Å². The Labute approximate surface area is 73.6 Å². The molecule has 0 fully saturated rings. The van der Waals surface area contributed by atoms with E-state index >= 15 is 0 Å². The first-order valence-electron chi connectivity index (χ1n) is 4.57. The van der Waals surface area contributed by atoms with Gasteiger partial charge in [-0.3, -0.25) is 4.79 Å². The Hall–Kier alpha value is -0.790. The number of esters is 1. The summed E-state index contributed by atoms with van der Waals surface area (Å²) >= 11 is 0. The first-order chi connectivity index (χ1) is 5.70. The van der Waals surface area contributed by atoms with E-state index < -0.39 is 0 Å². The Morgan fingerprint density at radius 3 is 2.83 bits per heavy atom. The molecule has 12 heavy (non-hydrogen) atoms. The molecule has 0 N–H and O–H groups in total. The molecule has 0 heterocycles. The second-order valence-electron chi connectivity index (χ2n) is 3.49. The molecular weight excluding hydrogens is 152 g/mol. The summed E-state index contributed by atoms with van der Waals surface area (Å²) in [6.45, 7) is 3.71. The van der Waals surface area contributed by atoms with Gasteiger partial charge in [0.1, 0.15) is 6.10 Å². The van der Waals surface area contributed by atoms with Crippen molar-refractivity contribution < 1.29 is 9.53 Å². The average Bonchev–Trinajstić information content (AvgIpc) is 2.06. The van der Waals surface area contributed by atoms with Crippen molar-refractivity contribution >= 4 is 5.97 Å². The number of carbonyl (C=O) groups excluding carboxylic acids is 1. The van der Waals surface area contributed by atoms with Crippen LogP contribution in [-0.2, 0) is 9.53 Å². The summed E-state index contributed by atoms with van der Waals surface area (Å²) in [5, 5.41) is 0. The lowest BCUT2D eigenvalue weighted by atomic mass is 10.1. The molecule has 68 valence electrons. The lowest BCUT2D eigenvalue weighted by Gasteiger charge is -2.18. The van der Waals surface area contributed by atoms with E-state index in [1.807, 2.05) is 19.9 Å². The normalized spacial score (nSPS) is 22.8. The summed E-state index contributed by atoms with van der Waals surface area (Å²) in [7, 11) is 0. The van der Waals surface area contributed by atoms with Crippen molar-refractivity contribution in [3.8, 4) is 0 Å². The highest BCUT2D eigenvalue weighted by Crippen LogP contribution is 2.14. The standard InChI is InChI=1S/C10H16O2/c1-8(2)10(11)12-9-6-4-3-5-7-9/h4,6,8-9H,3,5,7H2,1-2H3. The van der Waals surface area contributed by atoms with E-state index in [0.29, 0.717) is 0 Å². The third kappa shape index (κ3) is 2.68. The van der Waals surface area contributed by atoms with Gasteiger partial charge in [-0.05, 0) is 25.3 Å². The van der Waals surface area contributed by atoms with Crippen LogP contribution < -0.4 is 0 Å². The van der Waals surface area contributed by atoms with E-state index in [9.17, 15) is 4.79 Å². The smallest absolute Gasteiger partial charge is 0.308 e. The summed E-state index contributed by atoms with van der Waals surface area (Å²) in [6.07, 6.45) is 7.34. The molecule has 1 unspecified atom stereocenters. The van der Waals surface area contributed by atoms with Crippen LogP contribution in [0.4, 0.5) is 0 Å². The van der Waals surface area contributed by atoms with Gasteiger partial charge >= 0.3 is 5.97 Å². The molecule has 1 aliphatic rings. The zero-order valence-corrected chi connectivity index (χ0v) is 7.75. The van der Waals surface area contributed by atoms with E-state index in [2.05, 4.69) is 6.08 Å². The fourth-order valence-electron chi connectivity index (χ4n) is 1.16. The van der Waals surface area contributed by atoms with Crippen LogP contribution in [0, 0.1) is 5.92 Å². The summed E-state index contributed by atoms with van der Waals surface area (Å²) in [5.74, 6) is -0.105. The quantitative estimate of drug-likeness (QED) is 0.467. The van der Waals surface area contributed by atoms with Crippen molar-refractivity contribution in [2.24, 2.45) is 5.92 Å². The van der Waals surface area contributed by atoms with Gasteiger partial charge in [-0.25, -0.2) is 0 Å². The molecule has 0 aliphatic heterocycles. The van der Waals surface area contributed by atoms with Crippen LogP contribution in [0.5, 0.6) is 0 Å². The first-order valence-corrected chi connectivity index (χ1v) is 4.57. The van der Waals surface area contributed by atoms with Gasteiger partial charge in [0.05, 0.1) is 5.92 Å². The largest absolute Gasteiger partial charge is 0.458 e. The van der Waals surface area contributed by atoms with Crippen molar-refractivity contribution in [1.82, 2.24) is 0 Å². The average molecular weight is 168 g/mol. The van der Waals surface area contributed by atoms with Crippen LogP contribution in [0.2, 0.25) is 0 Å². The summed E-state index contributed by atoms with van der Waals surface area (Å²) in [4.78, 5) is 11.2. The van der Waals surface area contributed by atoms with Gasteiger partial charge in [-0.2, -0.15) is 0 Å². The molecule has 0 saturated heterocycles. The molecule has 1 atom stereocenters. The van der Waals surface area contributed by atoms with Crippen LogP contribution >= 0.6 is 0 Å². The van der Waals surface area contributed by atoms with Crippen LogP contribution in [0.3, 0.4) is 0 Å². The van der Waals surface area contributed by atoms with Gasteiger partial charge < -0.3 is 4.74 Å². The Kier molecular flexibility index (Phi) is 3.32. The van der Waals surface area contributed by atoms with Crippen molar-refractivity contribution in [2.45, 2.75) is 39.2 Å². The zero-order chi connectivity index (χ0) is 8.97. The second-order valence-corrected chi connectivity index (χ2v) is 3.49. The lowest BCUT2D eigenvalue weighted by Crippen LogP contribution is -2.21. The van der Waals surface area contributed by atoms with E-state index in [1.165, 1.54) is 0 Å². The minimum Gasteiger partial charge on any atom is -0.458 e. The zero-order valence-electron chi connectivity index (χ0n) is 7.75. The summed E-state index contributed by atoms with van der Waals surface area (Å²) in [5.41, 5.74) is 0. The SMILES string of the molecule is CC(C)C(=O)OC1C=CCCC1. The van der Waals surface area contributed by atoms with E-state index in [4.69, 9.17) is 4.74 Å². The molecule has 0 aromatic rings. The van der Waals surface area contributed by atoms with E-state index in [0.717, 1.165) is 19.3 Å². The number of rotatable bonds is 2. The Bertz CT molecular complexity index is 182. The summed E-state index contributed by atoms with van der Waals surface area (Å²) < 4.78 is 5.23. The minimum absolute atomic E-state index is 0.0136. The van der Waals surface area contributed by atoms with Crippen molar-refractivity contribution in [1.29, 1.82) is 0 Å². The number of hydrogen-bond donors (Lipinski definition) is 0. The number of hydrogen-bond acceptors (Lipinski definition) is 2. The van der Waals surface area contributed by atoms with E-state index in [-0.39, 0.29) is 18.0 Å². The molecule has 0 spiro atoms. The van der Waals surface area contributed by atoms with E-state index in [1.54, 1.807) is 0 Å². The van der Waals surface area contributed by atoms with Gasteiger partial charge in [-0.15, -0.1) is 0 Å². The van der Waals surface area contributed by atoms with Gasteiger partial charge in [0, 0.05) is 0 Å². The molecule has 0 bridgehead atoms. The fraction of sp³-hybridized carbons (Fsp3) is 0.700. The highest BCUT2D eigenvalue weighted by atomic mass is 16.5. The number of ether oxygens (including phenoxy) is 1. The van der Waals surface area contributed by atoms with Crippen molar-refractivity contribution in [3.05, 3.63) is 12.2 Å². The third-order valence-electron chi connectivity index (χ3n) is 1.95. The maximum absolute atomic E-state index is 11.2. The Morgan fingerprint density at radius 2 is 2.33 bits per heavy atom. The third-order valence-corrected chi connectivity index (χ3v) is 1.95. The molecule has 2 nitrogen and oxygen atoms in total. The van der Waals surface area contributed by atoms with Crippen molar-refractivity contribution in [2.75, 3.05) is 0 Å². The Balaban J connectivity index is 2.35. The molecular formula is C10H16O2. The number of allylic oxidation sites excluding steroid dienone is 1. The predicted molar refractivity (Wildman–Crippen MR) is 47.7 cm³/mol. The molecule has 2 heteroatoms. The molecule has 0 aromatic heterocycles. The molecule has 0 radical (unpaired) electrons. The highest BCUT2D eigenvalue weighted by Gasteiger charge is 2.15. The molecule has 1 aliphatic carbocycles. The summed E-state index contributed by atoms with van der Waals surface area (Å²) in [6, 6.07) is 0. The van der Waals surface area contributed by atoms with Gasteiger partial charge in [0.25, 0.3) is 0 Å². The molecule has 1 rings (SSSR count). The second kappa shape index (κ2) is 4.29.